The fourth-order valence-electron chi connectivity index (χ4n) is 8.01. The Morgan fingerprint density at radius 1 is 0.979 bits per heavy atom. The number of aromatic nitrogens is 2. The van der Waals surface area contributed by atoms with Crippen molar-refractivity contribution in [3.05, 3.63) is 59.0 Å². The summed E-state index contributed by atoms with van der Waals surface area (Å²) in [7, 11) is 0. The van der Waals surface area contributed by atoms with Crippen LogP contribution in [0.25, 0.3) is 10.9 Å². The zero-order chi connectivity index (χ0) is 32.5. The van der Waals surface area contributed by atoms with Crippen molar-refractivity contribution in [2.75, 3.05) is 44.6 Å². The predicted molar refractivity (Wildman–Crippen MR) is 177 cm³/mol. The standard InChI is InChI=1S/C35H45FN8O3/c1-23-18-24(19-26-21-37-40-31(23)26)20-30(33(45)42-14-8-27(9-15-42)41-12-3-2-4-13-41)38-34(46)43-16-10-28(11-17-43)44-22-25-6-5-7-29(36)32(25)39-35(44)47/h5-7,18-19,21,27-28,30H,2-4,8-17,20,22H2,1H3,(H,37,40)(H,38,46)(H,39,47). The molecular formula is C35H45FN8O3. The molecular weight excluding hydrogens is 599 g/mol. The minimum absolute atomic E-state index is 0.0360. The van der Waals surface area contributed by atoms with E-state index >= 15 is 0 Å². The molecule has 12 heteroatoms. The van der Waals surface area contributed by atoms with E-state index in [9.17, 15) is 18.8 Å². The number of piperidine rings is 3. The molecule has 0 aliphatic carbocycles. The third-order valence-corrected chi connectivity index (χ3v) is 10.7. The molecule has 3 saturated heterocycles. The molecule has 4 aliphatic heterocycles. The number of hydrogen-bond acceptors (Lipinski definition) is 5. The summed E-state index contributed by atoms with van der Waals surface area (Å²) < 4.78 is 14.2. The van der Waals surface area contributed by atoms with Gasteiger partial charge in [0.2, 0.25) is 5.91 Å². The lowest BCUT2D eigenvalue weighted by molar-refractivity contribution is -0.134. The highest BCUT2D eigenvalue weighted by molar-refractivity contribution is 5.93. The smallest absolute Gasteiger partial charge is 0.322 e. The number of hydrogen-bond donors (Lipinski definition) is 3. The van der Waals surface area contributed by atoms with Crippen LogP contribution in [0, 0.1) is 12.7 Å². The summed E-state index contributed by atoms with van der Waals surface area (Å²) in [6, 6.07) is 8.11. The van der Waals surface area contributed by atoms with Gasteiger partial charge in [0.1, 0.15) is 11.9 Å². The second-order valence-electron chi connectivity index (χ2n) is 13.7. The van der Waals surface area contributed by atoms with Gasteiger partial charge in [-0.15, -0.1) is 0 Å². The van der Waals surface area contributed by atoms with Gasteiger partial charge in [0.05, 0.1) is 17.4 Å². The number of fused-ring (bicyclic) bond motifs is 2. The van der Waals surface area contributed by atoms with Crippen molar-refractivity contribution in [2.45, 2.75) is 83.0 Å². The van der Waals surface area contributed by atoms with E-state index in [1.54, 1.807) is 22.1 Å². The Balaban J connectivity index is 1.01. The van der Waals surface area contributed by atoms with E-state index in [-0.39, 0.29) is 29.7 Å². The number of benzene rings is 2. The summed E-state index contributed by atoms with van der Waals surface area (Å²) in [4.78, 5) is 48.7. The van der Waals surface area contributed by atoms with Crippen molar-refractivity contribution in [1.29, 1.82) is 0 Å². The summed E-state index contributed by atoms with van der Waals surface area (Å²) in [6.07, 6.45) is 9.11. The maximum Gasteiger partial charge on any atom is 0.322 e. The van der Waals surface area contributed by atoms with Gasteiger partial charge in [0.25, 0.3) is 0 Å². The van der Waals surface area contributed by atoms with Crippen molar-refractivity contribution in [3.63, 3.8) is 0 Å². The van der Waals surface area contributed by atoms with Crippen LogP contribution in [0.15, 0.2) is 36.5 Å². The van der Waals surface area contributed by atoms with Crippen LogP contribution in [0.5, 0.6) is 0 Å². The van der Waals surface area contributed by atoms with Crippen LogP contribution in [0.3, 0.4) is 0 Å². The summed E-state index contributed by atoms with van der Waals surface area (Å²) in [5.74, 6) is -0.469. The van der Waals surface area contributed by atoms with Crippen LogP contribution >= 0.6 is 0 Å². The van der Waals surface area contributed by atoms with Gasteiger partial charge >= 0.3 is 12.1 Å². The number of aryl methyl sites for hydroxylation is 1. The number of halogens is 1. The Morgan fingerprint density at radius 3 is 2.47 bits per heavy atom. The Bertz CT molecular complexity index is 1620. The zero-order valence-electron chi connectivity index (χ0n) is 27.1. The second-order valence-corrected chi connectivity index (χ2v) is 13.7. The third-order valence-electron chi connectivity index (χ3n) is 10.7. The summed E-state index contributed by atoms with van der Waals surface area (Å²) in [5.41, 5.74) is 3.99. The number of nitrogens with one attached hydrogen (secondary N) is 3. The van der Waals surface area contributed by atoms with Crippen molar-refractivity contribution < 1.29 is 18.8 Å². The van der Waals surface area contributed by atoms with Gasteiger partial charge < -0.3 is 30.2 Å². The largest absolute Gasteiger partial charge is 0.341 e. The molecule has 0 radical (unpaired) electrons. The molecule has 0 saturated carbocycles. The SMILES string of the molecule is Cc1cc(CC(NC(=O)N2CCC(N3Cc4cccc(F)c4NC3=O)CC2)C(=O)N2CCC(N3CCCCC3)CC2)cc2cn[nH]c12. The molecule has 1 aromatic heterocycles. The minimum Gasteiger partial charge on any atom is -0.341 e. The Kier molecular flexibility index (Phi) is 9.02. The van der Waals surface area contributed by atoms with Crippen molar-refractivity contribution in [1.82, 2.24) is 35.1 Å². The minimum atomic E-state index is -0.699. The highest BCUT2D eigenvalue weighted by Crippen LogP contribution is 2.30. The molecule has 0 bridgehead atoms. The summed E-state index contributed by atoms with van der Waals surface area (Å²) in [5, 5.41) is 14.0. The Morgan fingerprint density at radius 2 is 1.70 bits per heavy atom. The van der Waals surface area contributed by atoms with Gasteiger partial charge in [0, 0.05) is 56.6 Å². The number of anilines is 1. The number of rotatable bonds is 6. The lowest BCUT2D eigenvalue weighted by Crippen LogP contribution is -2.57. The molecule has 0 spiro atoms. The Hall–Kier alpha value is -4.19. The van der Waals surface area contributed by atoms with E-state index in [1.165, 1.54) is 25.3 Å². The van der Waals surface area contributed by atoms with Crippen molar-refractivity contribution in [3.8, 4) is 0 Å². The number of H-pyrrole nitrogens is 1. The van der Waals surface area contributed by atoms with Crippen molar-refractivity contribution >= 4 is 34.6 Å². The molecule has 250 valence electrons. The molecule has 3 aromatic rings. The highest BCUT2D eigenvalue weighted by atomic mass is 19.1. The molecule has 1 atom stereocenters. The molecule has 5 amide bonds. The van der Waals surface area contributed by atoms with E-state index in [1.807, 2.05) is 24.0 Å². The van der Waals surface area contributed by atoms with Crippen LogP contribution in [0.1, 0.15) is 61.6 Å². The van der Waals surface area contributed by atoms with Gasteiger partial charge in [-0.25, -0.2) is 14.0 Å². The quantitative estimate of drug-likeness (QED) is 0.362. The monoisotopic (exact) mass is 644 g/mol. The molecule has 3 N–H and O–H groups in total. The second kappa shape index (κ2) is 13.5. The molecule has 4 aliphatic rings. The maximum atomic E-state index is 14.2. The normalized spacial score (nSPS) is 20.6. The van der Waals surface area contributed by atoms with Gasteiger partial charge in [-0.1, -0.05) is 24.6 Å². The molecule has 3 fully saturated rings. The first-order valence-corrected chi connectivity index (χ1v) is 17.2. The first-order valence-electron chi connectivity index (χ1n) is 17.2. The highest BCUT2D eigenvalue weighted by Gasteiger charge is 2.36. The number of nitrogens with zero attached hydrogens (tertiary/aromatic N) is 5. The number of carbonyl (C=O) groups is 3. The van der Waals surface area contributed by atoms with Crippen LogP contribution in [0.2, 0.25) is 0 Å². The molecule has 47 heavy (non-hydrogen) atoms. The number of urea groups is 2. The first kappa shape index (κ1) is 31.4. The van der Waals surface area contributed by atoms with Gasteiger partial charge in [-0.2, -0.15) is 5.10 Å². The number of aromatic amines is 1. The van der Waals surface area contributed by atoms with E-state index in [0.29, 0.717) is 58.0 Å². The Labute approximate surface area is 274 Å². The van der Waals surface area contributed by atoms with Gasteiger partial charge in [-0.3, -0.25) is 9.89 Å². The molecule has 7 rings (SSSR count). The van der Waals surface area contributed by atoms with Crippen LogP contribution in [0.4, 0.5) is 19.7 Å². The van der Waals surface area contributed by atoms with E-state index in [2.05, 4.69) is 31.8 Å². The van der Waals surface area contributed by atoms with E-state index in [4.69, 9.17) is 0 Å². The summed E-state index contributed by atoms with van der Waals surface area (Å²) >= 11 is 0. The van der Waals surface area contributed by atoms with E-state index < -0.39 is 11.9 Å². The van der Waals surface area contributed by atoms with Crippen LogP contribution in [-0.2, 0) is 17.8 Å². The van der Waals surface area contributed by atoms with Gasteiger partial charge in [0.15, 0.2) is 0 Å². The lowest BCUT2D eigenvalue weighted by Gasteiger charge is -2.42. The molecule has 5 heterocycles. The average Bonchev–Trinajstić information content (AvgIpc) is 3.58. The summed E-state index contributed by atoms with van der Waals surface area (Å²) in [6.45, 7) is 6.96. The molecule has 1 unspecified atom stereocenters. The maximum absolute atomic E-state index is 14.2. The predicted octanol–water partition coefficient (Wildman–Crippen LogP) is 4.62. The van der Waals surface area contributed by atoms with Gasteiger partial charge in [-0.05, 0) is 87.4 Å². The van der Waals surface area contributed by atoms with Crippen molar-refractivity contribution in [2.24, 2.45) is 0 Å². The molecule has 2 aromatic carbocycles. The van der Waals surface area contributed by atoms with E-state index in [0.717, 1.165) is 53.5 Å². The topological polar surface area (TPSA) is 117 Å². The first-order chi connectivity index (χ1) is 22.8. The number of likely N-dealkylation sites (tertiary alicyclic amines) is 3. The molecule has 11 nitrogen and oxygen atoms in total. The zero-order valence-corrected chi connectivity index (χ0v) is 27.1. The fourth-order valence-corrected chi connectivity index (χ4v) is 8.01. The fraction of sp³-hybridized carbons (Fsp3) is 0.543. The van der Waals surface area contributed by atoms with Crippen LogP contribution in [-0.4, -0.2) is 105 Å². The average molecular weight is 645 g/mol. The number of para-hydroxylation sites is 1. The van der Waals surface area contributed by atoms with Crippen LogP contribution < -0.4 is 10.6 Å². The third kappa shape index (κ3) is 6.65. The number of carbonyl (C=O) groups excluding carboxylic acids is 3. The lowest BCUT2D eigenvalue weighted by atomic mass is 9.97. The number of amides is 5.